The van der Waals surface area contributed by atoms with Gasteiger partial charge < -0.3 is 25.2 Å². The first-order valence-corrected chi connectivity index (χ1v) is 3.66. The molecule has 8 heteroatoms. The maximum atomic E-state index is 12.2. The average Bonchev–Trinajstić information content (AvgIpc) is 2.29. The summed E-state index contributed by atoms with van der Waals surface area (Å²) in [5.74, 6) is 0. The Bertz CT molecular complexity index is 220. The second kappa shape index (κ2) is 3.31. The Morgan fingerprint density at radius 1 is 1.29 bits per heavy atom. The molecule has 1 fully saturated rings. The molecule has 5 nitrogen and oxygen atoms in total. The summed E-state index contributed by atoms with van der Waals surface area (Å²) in [6.45, 7) is -0.934. The van der Waals surface area contributed by atoms with Crippen LogP contribution in [0, 0.1) is 0 Å². The normalized spacial score (nSPS) is 44.4. The zero-order valence-electron chi connectivity index (χ0n) is 6.77. The Hall–Kier alpha value is -0.410. The van der Waals surface area contributed by atoms with Gasteiger partial charge in [-0.1, -0.05) is 0 Å². The number of aliphatic hydroxyl groups is 4. The monoisotopic (exact) mass is 218 g/mol. The molecule has 1 aliphatic heterocycles. The van der Waals surface area contributed by atoms with Crippen LogP contribution in [0.15, 0.2) is 0 Å². The third kappa shape index (κ3) is 1.39. The highest BCUT2D eigenvalue weighted by Crippen LogP contribution is 2.42. The van der Waals surface area contributed by atoms with Gasteiger partial charge in [-0.05, 0) is 0 Å². The third-order valence-electron chi connectivity index (χ3n) is 2.12. The van der Waals surface area contributed by atoms with Crippen LogP contribution in [-0.4, -0.2) is 57.3 Å². The van der Waals surface area contributed by atoms with Gasteiger partial charge >= 0.3 is 6.18 Å². The van der Waals surface area contributed by atoms with Crippen LogP contribution in [0.4, 0.5) is 13.2 Å². The zero-order valence-corrected chi connectivity index (χ0v) is 6.77. The van der Waals surface area contributed by atoms with Gasteiger partial charge in [-0.25, -0.2) is 0 Å². The summed E-state index contributed by atoms with van der Waals surface area (Å²) < 4.78 is 40.8. The summed E-state index contributed by atoms with van der Waals surface area (Å²) in [5.41, 5.74) is -3.75. The summed E-state index contributed by atoms with van der Waals surface area (Å²) >= 11 is 0. The maximum Gasteiger partial charge on any atom is 0.424 e. The van der Waals surface area contributed by atoms with Crippen molar-refractivity contribution in [3.05, 3.63) is 0 Å². The number of aliphatic hydroxyl groups excluding tert-OH is 3. The molecule has 1 rings (SSSR count). The lowest BCUT2D eigenvalue weighted by Gasteiger charge is -2.30. The molecule has 0 aromatic heterocycles. The topological polar surface area (TPSA) is 90.2 Å². The summed E-state index contributed by atoms with van der Waals surface area (Å²) in [6.07, 6.45) is -11.9. The first-order valence-electron chi connectivity index (χ1n) is 3.66. The second-order valence-electron chi connectivity index (χ2n) is 2.98. The quantitative estimate of drug-likeness (QED) is 0.423. The van der Waals surface area contributed by atoms with E-state index < -0.39 is 36.9 Å². The van der Waals surface area contributed by atoms with E-state index in [1.165, 1.54) is 0 Å². The molecule has 1 aliphatic rings. The molecule has 0 radical (unpaired) electrons. The molecule has 1 heterocycles. The van der Waals surface area contributed by atoms with Crippen LogP contribution in [-0.2, 0) is 4.74 Å². The van der Waals surface area contributed by atoms with Crippen LogP contribution in [0.1, 0.15) is 0 Å². The maximum absolute atomic E-state index is 12.2. The van der Waals surface area contributed by atoms with E-state index in [0.29, 0.717) is 0 Å². The lowest BCUT2D eigenvalue weighted by molar-refractivity contribution is -0.322. The molecule has 0 saturated carbocycles. The Morgan fingerprint density at radius 3 is 2.00 bits per heavy atom. The number of hydrogen-bond donors (Lipinski definition) is 4. The number of rotatable bonds is 1. The molecule has 0 bridgehead atoms. The van der Waals surface area contributed by atoms with Gasteiger partial charge in [0.05, 0.1) is 6.61 Å². The van der Waals surface area contributed by atoms with Crippen LogP contribution >= 0.6 is 0 Å². The molecule has 0 aliphatic carbocycles. The van der Waals surface area contributed by atoms with Crippen LogP contribution in [0.25, 0.3) is 0 Å². The Kier molecular flexibility index (Phi) is 2.76. The van der Waals surface area contributed by atoms with Gasteiger partial charge in [0.2, 0.25) is 5.60 Å². The summed E-state index contributed by atoms with van der Waals surface area (Å²) in [4.78, 5) is 0. The Balaban J connectivity index is 2.99. The predicted molar refractivity (Wildman–Crippen MR) is 35.0 cm³/mol. The minimum Gasteiger partial charge on any atom is -0.394 e. The van der Waals surface area contributed by atoms with E-state index >= 15 is 0 Å². The van der Waals surface area contributed by atoms with Crippen LogP contribution in [0.3, 0.4) is 0 Å². The highest BCUT2D eigenvalue weighted by Gasteiger charge is 2.69. The van der Waals surface area contributed by atoms with Crippen molar-refractivity contribution >= 4 is 0 Å². The first-order chi connectivity index (χ1) is 6.25. The van der Waals surface area contributed by atoms with E-state index in [0.717, 1.165) is 0 Å². The minimum absolute atomic E-state index is 0.934. The molecule has 0 aromatic rings. The molecule has 4 N–H and O–H groups in total. The molecule has 0 amide bonds. The van der Waals surface area contributed by atoms with Gasteiger partial charge in [-0.3, -0.25) is 0 Å². The summed E-state index contributed by atoms with van der Waals surface area (Å²) in [5, 5.41) is 35.3. The van der Waals surface area contributed by atoms with Crippen LogP contribution in [0.5, 0.6) is 0 Å². The second-order valence-corrected chi connectivity index (χ2v) is 2.98. The van der Waals surface area contributed by atoms with Crippen molar-refractivity contribution in [2.45, 2.75) is 30.3 Å². The van der Waals surface area contributed by atoms with E-state index in [-0.39, 0.29) is 0 Å². The molecule has 1 saturated heterocycles. The van der Waals surface area contributed by atoms with E-state index in [2.05, 4.69) is 4.74 Å². The molecular formula is C6H9F3O5. The molecular weight excluding hydrogens is 209 g/mol. The van der Waals surface area contributed by atoms with Crippen molar-refractivity contribution in [2.24, 2.45) is 0 Å². The van der Waals surface area contributed by atoms with E-state index in [1.807, 2.05) is 0 Å². The van der Waals surface area contributed by atoms with Crippen molar-refractivity contribution in [1.82, 2.24) is 0 Å². The van der Waals surface area contributed by atoms with Crippen LogP contribution < -0.4 is 0 Å². The van der Waals surface area contributed by atoms with Gasteiger partial charge in [-0.15, -0.1) is 0 Å². The average molecular weight is 218 g/mol. The van der Waals surface area contributed by atoms with Crippen molar-refractivity contribution in [2.75, 3.05) is 6.61 Å². The van der Waals surface area contributed by atoms with E-state index in [4.69, 9.17) is 20.4 Å². The Morgan fingerprint density at radius 2 is 1.79 bits per heavy atom. The van der Waals surface area contributed by atoms with Gasteiger partial charge in [0.15, 0.2) is 6.29 Å². The third-order valence-corrected chi connectivity index (χ3v) is 2.12. The fourth-order valence-corrected chi connectivity index (χ4v) is 1.22. The van der Waals surface area contributed by atoms with Crippen molar-refractivity contribution in [3.63, 3.8) is 0 Å². The number of alkyl halides is 3. The SMILES string of the molecule is OC[C@H]1O[C@H](O)[C@](O)(C(F)(F)F)[C@@H]1O. The van der Waals surface area contributed by atoms with Gasteiger partial charge in [-0.2, -0.15) is 13.2 Å². The standard InChI is InChI=1S/C6H9F3O5/c7-6(8,9)5(13)3(11)2(1-10)14-4(5)12/h2-4,10-13H,1H2/t2-,3-,4+,5+/m1/s1. The van der Waals surface area contributed by atoms with Gasteiger partial charge in [0.25, 0.3) is 0 Å². The first kappa shape index (κ1) is 11.7. The predicted octanol–water partition coefficient (Wildman–Crippen LogP) is -1.65. The summed E-state index contributed by atoms with van der Waals surface area (Å²) in [6, 6.07) is 0. The zero-order chi connectivity index (χ0) is 11.1. The molecule has 0 spiro atoms. The fraction of sp³-hybridized carbons (Fsp3) is 1.00. The highest BCUT2D eigenvalue weighted by molar-refractivity contribution is 5.04. The van der Waals surface area contributed by atoms with E-state index in [1.54, 1.807) is 0 Å². The smallest absolute Gasteiger partial charge is 0.394 e. The van der Waals surface area contributed by atoms with Gasteiger partial charge in [0.1, 0.15) is 12.2 Å². The van der Waals surface area contributed by atoms with Crippen molar-refractivity contribution < 1.29 is 38.3 Å². The molecule has 0 unspecified atom stereocenters. The summed E-state index contributed by atoms with van der Waals surface area (Å²) in [7, 11) is 0. The molecule has 4 atom stereocenters. The Labute approximate surface area is 76.3 Å². The van der Waals surface area contributed by atoms with Crippen LogP contribution in [0.2, 0.25) is 0 Å². The molecule has 14 heavy (non-hydrogen) atoms. The van der Waals surface area contributed by atoms with Gasteiger partial charge in [0, 0.05) is 0 Å². The molecule has 84 valence electrons. The minimum atomic E-state index is -5.24. The van der Waals surface area contributed by atoms with E-state index in [9.17, 15) is 13.2 Å². The fourth-order valence-electron chi connectivity index (χ4n) is 1.22. The lowest BCUT2D eigenvalue weighted by Crippen LogP contribution is -2.59. The number of ether oxygens (including phenoxy) is 1. The van der Waals surface area contributed by atoms with Crippen molar-refractivity contribution in [1.29, 1.82) is 0 Å². The lowest BCUT2D eigenvalue weighted by atomic mass is 9.95. The number of hydrogen-bond acceptors (Lipinski definition) is 5. The number of halogens is 3. The van der Waals surface area contributed by atoms with Crippen molar-refractivity contribution in [3.8, 4) is 0 Å². The molecule has 0 aromatic carbocycles. The largest absolute Gasteiger partial charge is 0.424 e. The highest BCUT2D eigenvalue weighted by atomic mass is 19.4.